The normalized spacial score (nSPS) is 14.5. The molecule has 1 aliphatic heterocycles. The van der Waals surface area contributed by atoms with Crippen LogP contribution in [0.3, 0.4) is 0 Å². The number of carbonyl (C=O) groups excluding carboxylic acids is 3. The molecule has 0 bridgehead atoms. The van der Waals surface area contributed by atoms with Gasteiger partial charge < -0.3 is 16.4 Å². The zero-order valence-electron chi connectivity index (χ0n) is 9.77. The summed E-state index contributed by atoms with van der Waals surface area (Å²) in [6.07, 6.45) is 0. The van der Waals surface area contributed by atoms with Crippen molar-refractivity contribution >= 4 is 29.2 Å². The van der Waals surface area contributed by atoms with Crippen molar-refractivity contribution in [3.8, 4) is 0 Å². The first kappa shape index (κ1) is 12.8. The Balaban J connectivity index is 1.99. The van der Waals surface area contributed by atoms with Crippen LogP contribution in [-0.2, 0) is 9.59 Å². The molecule has 1 heterocycles. The predicted molar refractivity (Wildman–Crippen MR) is 64.6 cm³/mol. The van der Waals surface area contributed by atoms with Crippen LogP contribution in [0.5, 0.6) is 0 Å². The number of imide groups is 1. The molecule has 4 amide bonds. The van der Waals surface area contributed by atoms with Crippen molar-refractivity contribution < 1.29 is 18.8 Å². The zero-order valence-corrected chi connectivity index (χ0v) is 9.77. The van der Waals surface area contributed by atoms with Gasteiger partial charge in [-0.05, 0) is 18.2 Å². The molecule has 1 saturated heterocycles. The number of benzene rings is 1. The fourth-order valence-electron chi connectivity index (χ4n) is 1.58. The predicted octanol–water partition coefficient (Wildman–Crippen LogP) is -0.102. The SMILES string of the molecule is Nc1cc(NC(=O)CN2C(=O)CNC2=O)ccc1F. The van der Waals surface area contributed by atoms with Gasteiger partial charge in [0.1, 0.15) is 12.4 Å². The molecule has 1 aromatic carbocycles. The van der Waals surface area contributed by atoms with Crippen LogP contribution < -0.4 is 16.4 Å². The highest BCUT2D eigenvalue weighted by atomic mass is 19.1. The summed E-state index contributed by atoms with van der Waals surface area (Å²) in [5, 5.41) is 4.71. The number of anilines is 2. The van der Waals surface area contributed by atoms with Crippen LogP contribution in [0.2, 0.25) is 0 Å². The highest BCUT2D eigenvalue weighted by Crippen LogP contribution is 2.16. The number of nitrogens with one attached hydrogen (secondary N) is 2. The van der Waals surface area contributed by atoms with Crippen LogP contribution in [0.15, 0.2) is 18.2 Å². The number of nitrogens with zero attached hydrogens (tertiary/aromatic N) is 1. The topological polar surface area (TPSA) is 105 Å². The summed E-state index contributed by atoms with van der Waals surface area (Å²) in [4.78, 5) is 34.9. The molecule has 0 spiro atoms. The van der Waals surface area contributed by atoms with Gasteiger partial charge in [-0.2, -0.15) is 0 Å². The maximum Gasteiger partial charge on any atom is 0.325 e. The summed E-state index contributed by atoms with van der Waals surface area (Å²) in [6.45, 7) is -0.516. The first-order valence-corrected chi connectivity index (χ1v) is 5.40. The van der Waals surface area contributed by atoms with Crippen LogP contribution in [0.4, 0.5) is 20.6 Å². The Morgan fingerprint density at radius 1 is 1.47 bits per heavy atom. The highest BCUT2D eigenvalue weighted by molar-refractivity contribution is 6.06. The minimum Gasteiger partial charge on any atom is -0.396 e. The molecule has 0 saturated carbocycles. The number of hydrogen-bond acceptors (Lipinski definition) is 4. The van der Waals surface area contributed by atoms with E-state index in [0.29, 0.717) is 0 Å². The molecule has 0 atom stereocenters. The molecule has 7 nitrogen and oxygen atoms in total. The first-order chi connectivity index (χ1) is 8.97. The van der Waals surface area contributed by atoms with Crippen molar-refractivity contribution in [2.75, 3.05) is 24.1 Å². The minimum absolute atomic E-state index is 0.104. The number of nitrogen functional groups attached to an aromatic ring is 1. The molecule has 0 aromatic heterocycles. The quantitative estimate of drug-likeness (QED) is 0.524. The minimum atomic E-state index is -0.612. The number of halogens is 1. The van der Waals surface area contributed by atoms with E-state index >= 15 is 0 Å². The van der Waals surface area contributed by atoms with Gasteiger partial charge >= 0.3 is 6.03 Å². The van der Waals surface area contributed by atoms with E-state index in [1.54, 1.807) is 0 Å². The van der Waals surface area contributed by atoms with Crippen molar-refractivity contribution in [2.24, 2.45) is 0 Å². The molecule has 1 aromatic rings. The fourth-order valence-corrected chi connectivity index (χ4v) is 1.58. The van der Waals surface area contributed by atoms with Gasteiger partial charge in [-0.25, -0.2) is 9.18 Å². The lowest BCUT2D eigenvalue weighted by Crippen LogP contribution is -2.38. The van der Waals surface area contributed by atoms with E-state index in [4.69, 9.17) is 5.73 Å². The summed E-state index contributed by atoms with van der Waals surface area (Å²) >= 11 is 0. The van der Waals surface area contributed by atoms with Gasteiger partial charge in [0, 0.05) is 5.69 Å². The summed E-state index contributed by atoms with van der Waals surface area (Å²) in [5.74, 6) is -1.64. The average molecular weight is 266 g/mol. The summed E-state index contributed by atoms with van der Waals surface area (Å²) < 4.78 is 12.9. The third-order valence-electron chi connectivity index (χ3n) is 2.52. The van der Waals surface area contributed by atoms with E-state index in [2.05, 4.69) is 10.6 Å². The van der Waals surface area contributed by atoms with Crippen LogP contribution >= 0.6 is 0 Å². The Labute approximate surface area is 107 Å². The van der Waals surface area contributed by atoms with Crippen molar-refractivity contribution in [2.45, 2.75) is 0 Å². The molecule has 1 aliphatic rings. The summed E-state index contributed by atoms with van der Waals surface area (Å²) in [7, 11) is 0. The number of hydrogen-bond donors (Lipinski definition) is 3. The Hall–Kier alpha value is -2.64. The number of carbonyl (C=O) groups is 3. The molecule has 0 aliphatic carbocycles. The highest BCUT2D eigenvalue weighted by Gasteiger charge is 2.30. The molecular formula is C11H11FN4O3. The maximum atomic E-state index is 12.9. The van der Waals surface area contributed by atoms with Gasteiger partial charge in [-0.15, -0.1) is 0 Å². The maximum absolute atomic E-state index is 12.9. The lowest BCUT2D eigenvalue weighted by molar-refractivity contribution is -0.128. The molecular weight excluding hydrogens is 255 g/mol. The Morgan fingerprint density at radius 3 is 2.79 bits per heavy atom. The van der Waals surface area contributed by atoms with E-state index < -0.39 is 30.2 Å². The zero-order chi connectivity index (χ0) is 14.0. The lowest BCUT2D eigenvalue weighted by atomic mass is 10.2. The van der Waals surface area contributed by atoms with Crippen molar-refractivity contribution in [3.05, 3.63) is 24.0 Å². The third-order valence-corrected chi connectivity index (χ3v) is 2.52. The van der Waals surface area contributed by atoms with E-state index in [1.165, 1.54) is 12.1 Å². The molecule has 0 unspecified atom stereocenters. The standard InChI is InChI=1S/C11H11FN4O3/c12-7-2-1-6(3-8(7)13)15-9(17)5-16-10(18)4-14-11(16)19/h1-3H,4-5,13H2,(H,14,19)(H,15,17). The Morgan fingerprint density at radius 2 is 2.21 bits per heavy atom. The number of nitrogens with two attached hydrogens (primary N) is 1. The second kappa shape index (κ2) is 4.92. The van der Waals surface area contributed by atoms with E-state index in [9.17, 15) is 18.8 Å². The summed E-state index contributed by atoms with van der Waals surface area (Å²) in [6, 6.07) is 3.08. The first-order valence-electron chi connectivity index (χ1n) is 5.40. The largest absolute Gasteiger partial charge is 0.396 e. The van der Waals surface area contributed by atoms with Gasteiger partial charge in [-0.3, -0.25) is 14.5 Å². The molecule has 0 radical (unpaired) electrons. The van der Waals surface area contributed by atoms with Crippen LogP contribution in [0.25, 0.3) is 0 Å². The third kappa shape index (κ3) is 2.79. The Kier molecular flexibility index (Phi) is 3.32. The number of urea groups is 1. The van der Waals surface area contributed by atoms with Gasteiger partial charge in [-0.1, -0.05) is 0 Å². The molecule has 1 fully saturated rings. The van der Waals surface area contributed by atoms with Gasteiger partial charge in [0.15, 0.2) is 0 Å². The summed E-state index contributed by atoms with van der Waals surface area (Å²) in [5.41, 5.74) is 5.53. The molecule has 4 N–H and O–H groups in total. The van der Waals surface area contributed by atoms with E-state index in [0.717, 1.165) is 11.0 Å². The van der Waals surface area contributed by atoms with Crippen molar-refractivity contribution in [3.63, 3.8) is 0 Å². The molecule has 100 valence electrons. The lowest BCUT2D eigenvalue weighted by Gasteiger charge is -2.12. The van der Waals surface area contributed by atoms with E-state index in [-0.39, 0.29) is 17.9 Å². The molecule has 2 rings (SSSR count). The second-order valence-corrected chi connectivity index (χ2v) is 3.92. The van der Waals surface area contributed by atoms with Gasteiger partial charge in [0.25, 0.3) is 5.91 Å². The average Bonchev–Trinajstić information content (AvgIpc) is 2.66. The number of amides is 4. The van der Waals surface area contributed by atoms with Crippen LogP contribution in [0.1, 0.15) is 0 Å². The van der Waals surface area contributed by atoms with Gasteiger partial charge in [0.05, 0.1) is 12.2 Å². The van der Waals surface area contributed by atoms with Crippen LogP contribution in [0, 0.1) is 5.82 Å². The number of rotatable bonds is 3. The van der Waals surface area contributed by atoms with Crippen molar-refractivity contribution in [1.29, 1.82) is 0 Å². The van der Waals surface area contributed by atoms with Crippen LogP contribution in [-0.4, -0.2) is 35.8 Å². The Bertz CT molecular complexity index is 545. The molecule has 19 heavy (non-hydrogen) atoms. The molecule has 8 heteroatoms. The second-order valence-electron chi connectivity index (χ2n) is 3.92. The monoisotopic (exact) mass is 266 g/mol. The van der Waals surface area contributed by atoms with E-state index in [1.807, 2.05) is 0 Å². The fraction of sp³-hybridized carbons (Fsp3) is 0.182. The smallest absolute Gasteiger partial charge is 0.325 e. The van der Waals surface area contributed by atoms with Gasteiger partial charge in [0.2, 0.25) is 5.91 Å². The van der Waals surface area contributed by atoms with Crippen molar-refractivity contribution in [1.82, 2.24) is 10.2 Å².